The summed E-state index contributed by atoms with van der Waals surface area (Å²) in [6.07, 6.45) is -3.54. The maximum absolute atomic E-state index is 12.7. The Bertz CT molecular complexity index is 770. The van der Waals surface area contributed by atoms with E-state index in [0.717, 1.165) is 10.2 Å². The van der Waals surface area contributed by atoms with Crippen molar-refractivity contribution in [1.82, 2.24) is 9.88 Å². The molecule has 1 aliphatic heterocycles. The molecule has 1 atom stereocenters. The highest BCUT2D eigenvalue weighted by molar-refractivity contribution is 7.18. The van der Waals surface area contributed by atoms with E-state index in [9.17, 15) is 23.2 Å². The molecule has 1 aliphatic rings. The summed E-state index contributed by atoms with van der Waals surface area (Å²) in [7, 11) is 0. The van der Waals surface area contributed by atoms with Crippen LogP contribution in [-0.2, 0) is 4.79 Å². The largest absolute Gasteiger partial charge is 0.401 e. The van der Waals surface area contributed by atoms with Crippen molar-refractivity contribution in [2.45, 2.75) is 24.9 Å². The lowest BCUT2D eigenvalue weighted by Crippen LogP contribution is -2.42. The Hall–Kier alpha value is -1.98. The highest BCUT2D eigenvalue weighted by Gasteiger charge is 2.36. The zero-order chi connectivity index (χ0) is 18.0. The molecule has 0 bridgehead atoms. The van der Waals surface area contributed by atoms with Crippen molar-refractivity contribution in [2.75, 3.05) is 19.6 Å². The monoisotopic (exact) mass is 367 g/mol. The number of halogens is 3. The minimum atomic E-state index is -4.23. The minimum Gasteiger partial charge on any atom is -0.297 e. The van der Waals surface area contributed by atoms with Gasteiger partial charge in [0, 0.05) is 5.92 Å². The number of nitriles is 1. The Morgan fingerprint density at radius 3 is 2.64 bits per heavy atom. The van der Waals surface area contributed by atoms with Gasteiger partial charge < -0.3 is 0 Å². The van der Waals surface area contributed by atoms with E-state index < -0.39 is 18.6 Å². The van der Waals surface area contributed by atoms with Crippen LogP contribution in [0, 0.1) is 17.2 Å². The number of likely N-dealkylation sites (tertiary alicyclic amines) is 1. The van der Waals surface area contributed by atoms with Crippen LogP contribution < -0.4 is 0 Å². The van der Waals surface area contributed by atoms with E-state index in [2.05, 4.69) is 4.98 Å². The smallest absolute Gasteiger partial charge is 0.297 e. The van der Waals surface area contributed by atoms with E-state index in [0.29, 0.717) is 17.8 Å². The Labute approximate surface area is 146 Å². The van der Waals surface area contributed by atoms with Crippen LogP contribution in [0.15, 0.2) is 24.3 Å². The number of alkyl halides is 3. The fraction of sp³-hybridized carbons (Fsp3) is 0.471. The molecule has 0 amide bonds. The van der Waals surface area contributed by atoms with Gasteiger partial charge in [-0.2, -0.15) is 18.4 Å². The van der Waals surface area contributed by atoms with Crippen LogP contribution in [-0.4, -0.2) is 41.5 Å². The van der Waals surface area contributed by atoms with Crippen LogP contribution in [0.25, 0.3) is 10.2 Å². The minimum absolute atomic E-state index is 0.216. The second-order valence-corrected chi connectivity index (χ2v) is 7.21. The third-order valence-electron chi connectivity index (χ3n) is 4.36. The second-order valence-electron chi connectivity index (χ2n) is 6.15. The van der Waals surface area contributed by atoms with Crippen molar-refractivity contribution in [1.29, 1.82) is 5.26 Å². The number of aromatic nitrogens is 1. The van der Waals surface area contributed by atoms with Gasteiger partial charge in [-0.25, -0.2) is 4.98 Å². The molecule has 2 heterocycles. The fourth-order valence-corrected chi connectivity index (χ4v) is 4.14. The summed E-state index contributed by atoms with van der Waals surface area (Å²) < 4.78 is 38.2. The average Bonchev–Trinajstić information content (AvgIpc) is 2.98. The highest BCUT2D eigenvalue weighted by Crippen LogP contribution is 2.32. The number of carbonyl (C=O) groups excluding carboxylic acids is 1. The quantitative estimate of drug-likeness (QED) is 0.826. The van der Waals surface area contributed by atoms with Gasteiger partial charge in [-0.15, -0.1) is 11.3 Å². The summed E-state index contributed by atoms with van der Waals surface area (Å²) in [5.41, 5.74) is 0.746. The van der Waals surface area contributed by atoms with E-state index in [1.54, 1.807) is 0 Å². The van der Waals surface area contributed by atoms with Crippen molar-refractivity contribution in [3.8, 4) is 6.07 Å². The maximum atomic E-state index is 12.7. The van der Waals surface area contributed by atoms with Crippen molar-refractivity contribution >= 4 is 27.3 Å². The number of para-hydroxylation sites is 1. The number of ketones is 1. The molecule has 8 heteroatoms. The lowest BCUT2D eigenvalue weighted by Gasteiger charge is -2.32. The summed E-state index contributed by atoms with van der Waals surface area (Å²) in [4.78, 5) is 18.4. The summed E-state index contributed by atoms with van der Waals surface area (Å²) >= 11 is 1.32. The number of hydrogen-bond donors (Lipinski definition) is 0. The first-order valence-electron chi connectivity index (χ1n) is 7.95. The number of nitrogens with zero attached hydrogens (tertiary/aromatic N) is 3. The molecule has 132 valence electrons. The van der Waals surface area contributed by atoms with Gasteiger partial charge in [-0.05, 0) is 38.1 Å². The lowest BCUT2D eigenvalue weighted by atomic mass is 9.86. The van der Waals surface area contributed by atoms with Gasteiger partial charge >= 0.3 is 6.18 Å². The zero-order valence-electron chi connectivity index (χ0n) is 13.3. The molecular weight excluding hydrogens is 351 g/mol. The number of thiazole rings is 1. The van der Waals surface area contributed by atoms with Crippen molar-refractivity contribution < 1.29 is 18.0 Å². The summed E-state index contributed by atoms with van der Waals surface area (Å²) in [5, 5.41) is 9.91. The molecule has 4 nitrogen and oxygen atoms in total. The van der Waals surface area contributed by atoms with E-state index in [1.807, 2.05) is 30.3 Å². The molecule has 0 spiro atoms. The first kappa shape index (κ1) is 17.8. The number of piperidine rings is 1. The van der Waals surface area contributed by atoms with Gasteiger partial charge in [-0.3, -0.25) is 9.69 Å². The van der Waals surface area contributed by atoms with E-state index in [1.165, 1.54) is 16.2 Å². The number of Topliss-reactive ketones (excluding diaryl/α,β-unsaturated/α-hetero) is 1. The molecule has 0 N–H and O–H groups in total. The fourth-order valence-electron chi connectivity index (χ4n) is 3.12. The normalized spacial score (nSPS) is 18.2. The Kier molecular flexibility index (Phi) is 5.06. The Morgan fingerprint density at radius 2 is 2.04 bits per heavy atom. The van der Waals surface area contributed by atoms with Crippen molar-refractivity contribution in [3.63, 3.8) is 0 Å². The molecule has 1 saturated heterocycles. The first-order chi connectivity index (χ1) is 11.9. The van der Waals surface area contributed by atoms with Gasteiger partial charge in [0.1, 0.15) is 5.01 Å². The molecular formula is C17H16F3N3OS. The third-order valence-corrected chi connectivity index (χ3v) is 5.47. The number of benzene rings is 1. The Balaban J connectivity index is 1.68. The third kappa shape index (κ3) is 4.17. The van der Waals surface area contributed by atoms with Gasteiger partial charge in [0.05, 0.1) is 22.8 Å². The van der Waals surface area contributed by atoms with Crippen molar-refractivity contribution in [3.05, 3.63) is 29.3 Å². The first-order valence-corrected chi connectivity index (χ1v) is 8.77. The second kappa shape index (κ2) is 7.10. The molecule has 1 fully saturated rings. The molecule has 0 saturated carbocycles. The van der Waals surface area contributed by atoms with Gasteiger partial charge in [0.15, 0.2) is 11.7 Å². The molecule has 1 aromatic carbocycles. The molecule has 0 aliphatic carbocycles. The standard InChI is InChI=1S/C17H16F3N3OS/c18-17(19,20)10-23-7-5-11(6-8-23)15(24)12(9-21)16-22-13-3-1-2-4-14(13)25-16/h1-4,11-12H,5-8,10H2. The number of hydrogen-bond acceptors (Lipinski definition) is 5. The molecule has 2 aromatic rings. The number of rotatable bonds is 4. The van der Waals surface area contributed by atoms with Crippen molar-refractivity contribution in [2.24, 2.45) is 5.92 Å². The summed E-state index contributed by atoms with van der Waals surface area (Å²) in [6.45, 7) is -0.519. The van der Waals surface area contributed by atoms with Crippen LogP contribution in [0.4, 0.5) is 13.2 Å². The highest BCUT2D eigenvalue weighted by atomic mass is 32.1. The molecule has 1 unspecified atom stereocenters. The molecule has 0 radical (unpaired) electrons. The van der Waals surface area contributed by atoms with Crippen LogP contribution in [0.5, 0.6) is 0 Å². The van der Waals surface area contributed by atoms with Crippen LogP contribution in [0.3, 0.4) is 0 Å². The van der Waals surface area contributed by atoms with Crippen LogP contribution in [0.1, 0.15) is 23.8 Å². The maximum Gasteiger partial charge on any atom is 0.401 e. The molecule has 25 heavy (non-hydrogen) atoms. The summed E-state index contributed by atoms with van der Waals surface area (Å²) in [6, 6.07) is 9.44. The average molecular weight is 367 g/mol. The molecule has 3 rings (SSSR count). The molecule has 1 aromatic heterocycles. The van der Waals surface area contributed by atoms with Gasteiger partial charge in [-0.1, -0.05) is 12.1 Å². The van der Waals surface area contributed by atoms with E-state index in [4.69, 9.17) is 0 Å². The predicted molar refractivity (Wildman–Crippen MR) is 88.2 cm³/mol. The lowest BCUT2D eigenvalue weighted by molar-refractivity contribution is -0.149. The topological polar surface area (TPSA) is 57.0 Å². The van der Waals surface area contributed by atoms with Gasteiger partial charge in [0.25, 0.3) is 0 Å². The Morgan fingerprint density at radius 1 is 1.36 bits per heavy atom. The SMILES string of the molecule is N#CC(C(=O)C1CCN(CC(F)(F)F)CC1)c1nc2ccccc2s1. The van der Waals surface area contributed by atoms with Crippen LogP contribution >= 0.6 is 11.3 Å². The van der Waals surface area contributed by atoms with E-state index >= 15 is 0 Å². The van der Waals surface area contributed by atoms with Gasteiger partial charge in [0.2, 0.25) is 0 Å². The predicted octanol–water partition coefficient (Wildman–Crippen LogP) is 3.75. The summed E-state index contributed by atoms with van der Waals surface area (Å²) in [5.74, 6) is -1.56. The number of carbonyl (C=O) groups is 1. The van der Waals surface area contributed by atoms with E-state index in [-0.39, 0.29) is 24.8 Å². The number of fused-ring (bicyclic) bond motifs is 1. The van der Waals surface area contributed by atoms with Crippen LogP contribution in [0.2, 0.25) is 0 Å². The zero-order valence-corrected chi connectivity index (χ0v) is 14.1.